The van der Waals surface area contributed by atoms with Crippen LogP contribution in [0.25, 0.3) is 16.9 Å². The number of urea groups is 1. The van der Waals surface area contributed by atoms with Gasteiger partial charge in [-0.1, -0.05) is 66.9 Å². The maximum absolute atomic E-state index is 14.1. The zero-order valence-electron chi connectivity index (χ0n) is 20.9. The number of amides is 3. The van der Waals surface area contributed by atoms with Gasteiger partial charge in [-0.3, -0.25) is 4.79 Å². The normalized spacial score (nSPS) is 10.8. The first-order valence-electron chi connectivity index (χ1n) is 12.2. The van der Waals surface area contributed by atoms with Crippen molar-refractivity contribution in [1.82, 2.24) is 14.7 Å². The summed E-state index contributed by atoms with van der Waals surface area (Å²) >= 11 is 12.3. The summed E-state index contributed by atoms with van der Waals surface area (Å²) in [4.78, 5) is 27.3. The van der Waals surface area contributed by atoms with Crippen molar-refractivity contribution in [3.8, 4) is 16.9 Å². The molecule has 202 valence electrons. The van der Waals surface area contributed by atoms with Crippen LogP contribution in [0.1, 0.15) is 19.8 Å². The van der Waals surface area contributed by atoms with Crippen molar-refractivity contribution in [1.29, 1.82) is 0 Å². The summed E-state index contributed by atoms with van der Waals surface area (Å²) in [5, 5.41) is 10.6. The van der Waals surface area contributed by atoms with Gasteiger partial charge in [-0.2, -0.15) is 5.10 Å². The smallest absolute Gasteiger partial charge is 0.315 e. The fourth-order valence-electron chi connectivity index (χ4n) is 3.78. The van der Waals surface area contributed by atoms with Gasteiger partial charge < -0.3 is 15.5 Å². The van der Waals surface area contributed by atoms with Gasteiger partial charge in [0.2, 0.25) is 5.91 Å². The summed E-state index contributed by atoms with van der Waals surface area (Å²) in [5.41, 5.74) is 1.81. The van der Waals surface area contributed by atoms with Crippen molar-refractivity contribution < 1.29 is 18.4 Å². The molecule has 4 aromatic rings. The summed E-state index contributed by atoms with van der Waals surface area (Å²) in [7, 11) is 0. The standard InChI is InChI=1S/C28H25Cl2F2N5O2/c1-2-3-13-36(28(39)33-24-12-9-19(31)14-23(24)32)17-27(38)34-26-16-25(18-7-5-4-6-8-18)35-37(26)20-10-11-21(29)22(30)15-20/h4-12,14-16H,2-3,13,17H2,1H3,(H,33,39)(H,34,38). The van der Waals surface area contributed by atoms with E-state index in [-0.39, 0.29) is 18.8 Å². The van der Waals surface area contributed by atoms with Crippen LogP contribution in [0.5, 0.6) is 0 Å². The Morgan fingerprint density at radius 3 is 2.41 bits per heavy atom. The lowest BCUT2D eigenvalue weighted by atomic mass is 10.1. The molecule has 0 atom stereocenters. The van der Waals surface area contributed by atoms with E-state index < -0.39 is 23.6 Å². The molecular weight excluding hydrogens is 547 g/mol. The van der Waals surface area contributed by atoms with Gasteiger partial charge >= 0.3 is 6.03 Å². The van der Waals surface area contributed by atoms with Crippen LogP contribution in [0.15, 0.2) is 72.8 Å². The number of hydrogen-bond acceptors (Lipinski definition) is 3. The molecule has 0 unspecified atom stereocenters. The molecule has 1 heterocycles. The molecule has 7 nitrogen and oxygen atoms in total. The van der Waals surface area contributed by atoms with Crippen LogP contribution in [0.3, 0.4) is 0 Å². The number of benzene rings is 3. The highest BCUT2D eigenvalue weighted by Crippen LogP contribution is 2.29. The molecule has 39 heavy (non-hydrogen) atoms. The third-order valence-corrected chi connectivity index (χ3v) is 6.51. The zero-order chi connectivity index (χ0) is 27.9. The van der Waals surface area contributed by atoms with E-state index in [1.165, 1.54) is 9.58 Å². The van der Waals surface area contributed by atoms with E-state index >= 15 is 0 Å². The average molecular weight is 572 g/mol. The van der Waals surface area contributed by atoms with E-state index in [2.05, 4.69) is 15.7 Å². The second kappa shape index (κ2) is 12.7. The summed E-state index contributed by atoms with van der Waals surface area (Å²) in [6, 6.07) is 18.2. The first kappa shape index (κ1) is 28.1. The highest BCUT2D eigenvalue weighted by Gasteiger charge is 2.21. The summed E-state index contributed by atoms with van der Waals surface area (Å²) < 4.78 is 28.9. The van der Waals surface area contributed by atoms with Crippen LogP contribution in [0, 0.1) is 11.6 Å². The Kier molecular flexibility index (Phi) is 9.16. The molecule has 4 rings (SSSR count). The van der Waals surface area contributed by atoms with Gasteiger partial charge in [0.25, 0.3) is 0 Å². The summed E-state index contributed by atoms with van der Waals surface area (Å²) in [5.74, 6) is -1.83. The number of halogens is 4. The fraction of sp³-hybridized carbons (Fsp3) is 0.179. The van der Waals surface area contributed by atoms with E-state index in [1.54, 1.807) is 24.3 Å². The Labute approximate surface area is 234 Å². The summed E-state index contributed by atoms with van der Waals surface area (Å²) in [6.45, 7) is 1.87. The van der Waals surface area contributed by atoms with Gasteiger partial charge in [0.1, 0.15) is 24.0 Å². The number of unbranched alkanes of at least 4 members (excludes halogenated alkanes) is 1. The number of nitrogens with zero attached hydrogens (tertiary/aromatic N) is 3. The first-order valence-corrected chi connectivity index (χ1v) is 12.9. The van der Waals surface area contributed by atoms with E-state index in [1.807, 2.05) is 37.3 Å². The molecule has 11 heteroatoms. The van der Waals surface area contributed by atoms with Crippen LogP contribution in [-0.4, -0.2) is 39.7 Å². The minimum atomic E-state index is -0.915. The topological polar surface area (TPSA) is 79.3 Å². The van der Waals surface area contributed by atoms with Crippen LogP contribution in [-0.2, 0) is 4.79 Å². The molecule has 0 spiro atoms. The lowest BCUT2D eigenvalue weighted by molar-refractivity contribution is -0.116. The molecule has 0 aliphatic heterocycles. The predicted molar refractivity (Wildman–Crippen MR) is 150 cm³/mol. The third kappa shape index (κ3) is 7.13. The lowest BCUT2D eigenvalue weighted by Gasteiger charge is -2.22. The predicted octanol–water partition coefficient (Wildman–Crippen LogP) is 7.40. The highest BCUT2D eigenvalue weighted by atomic mass is 35.5. The van der Waals surface area contributed by atoms with E-state index in [0.29, 0.717) is 39.7 Å². The quantitative estimate of drug-likeness (QED) is 0.220. The number of anilines is 2. The minimum Gasteiger partial charge on any atom is -0.315 e. The Hall–Kier alpha value is -3.95. The van der Waals surface area contributed by atoms with E-state index in [0.717, 1.165) is 24.1 Å². The Balaban J connectivity index is 1.58. The molecule has 0 fully saturated rings. The van der Waals surface area contributed by atoms with Crippen molar-refractivity contribution in [2.75, 3.05) is 23.7 Å². The number of nitrogens with one attached hydrogen (secondary N) is 2. The molecule has 1 aromatic heterocycles. The van der Waals surface area contributed by atoms with Gasteiger partial charge in [0, 0.05) is 24.2 Å². The fourth-order valence-corrected chi connectivity index (χ4v) is 4.07. The van der Waals surface area contributed by atoms with Gasteiger partial charge in [0.05, 0.1) is 27.1 Å². The number of carbonyl (C=O) groups is 2. The number of aromatic nitrogens is 2. The Morgan fingerprint density at radius 1 is 0.949 bits per heavy atom. The molecule has 0 saturated carbocycles. The Morgan fingerprint density at radius 2 is 1.72 bits per heavy atom. The number of rotatable bonds is 9. The average Bonchev–Trinajstić information content (AvgIpc) is 3.33. The van der Waals surface area contributed by atoms with Gasteiger partial charge in [0.15, 0.2) is 0 Å². The molecule has 3 aromatic carbocycles. The van der Waals surface area contributed by atoms with E-state index in [9.17, 15) is 18.4 Å². The minimum absolute atomic E-state index is 0.187. The molecule has 3 amide bonds. The lowest BCUT2D eigenvalue weighted by Crippen LogP contribution is -2.41. The van der Waals surface area contributed by atoms with Crippen LogP contribution < -0.4 is 10.6 Å². The van der Waals surface area contributed by atoms with Gasteiger partial charge in [-0.05, 0) is 36.8 Å². The van der Waals surface area contributed by atoms with Gasteiger partial charge in [-0.25, -0.2) is 18.3 Å². The summed E-state index contributed by atoms with van der Waals surface area (Å²) in [6.07, 6.45) is 1.38. The second-order valence-corrected chi connectivity index (χ2v) is 9.48. The third-order valence-electron chi connectivity index (χ3n) is 5.77. The second-order valence-electron chi connectivity index (χ2n) is 8.67. The molecule has 0 bridgehead atoms. The molecule has 2 N–H and O–H groups in total. The highest BCUT2D eigenvalue weighted by molar-refractivity contribution is 6.42. The maximum atomic E-state index is 14.1. The molecule has 0 aliphatic rings. The van der Waals surface area contributed by atoms with Crippen LogP contribution in [0.2, 0.25) is 10.0 Å². The molecule has 0 saturated heterocycles. The van der Waals surface area contributed by atoms with Crippen LogP contribution >= 0.6 is 23.2 Å². The maximum Gasteiger partial charge on any atom is 0.322 e. The molecule has 0 aliphatic carbocycles. The molecular formula is C28H25Cl2F2N5O2. The molecule has 0 radical (unpaired) electrons. The number of hydrogen-bond donors (Lipinski definition) is 2. The number of carbonyl (C=O) groups excluding carboxylic acids is 2. The van der Waals surface area contributed by atoms with Crippen molar-refractivity contribution in [2.45, 2.75) is 19.8 Å². The van der Waals surface area contributed by atoms with Gasteiger partial charge in [-0.15, -0.1) is 0 Å². The van der Waals surface area contributed by atoms with Crippen molar-refractivity contribution in [3.05, 3.63) is 94.5 Å². The van der Waals surface area contributed by atoms with Crippen molar-refractivity contribution in [2.24, 2.45) is 0 Å². The van der Waals surface area contributed by atoms with Crippen molar-refractivity contribution >= 4 is 46.6 Å². The largest absolute Gasteiger partial charge is 0.322 e. The van der Waals surface area contributed by atoms with Crippen molar-refractivity contribution in [3.63, 3.8) is 0 Å². The Bertz CT molecular complexity index is 1480. The van der Waals surface area contributed by atoms with E-state index in [4.69, 9.17) is 23.2 Å². The zero-order valence-corrected chi connectivity index (χ0v) is 22.4. The van der Waals surface area contributed by atoms with Crippen LogP contribution in [0.4, 0.5) is 25.1 Å². The monoisotopic (exact) mass is 571 g/mol. The first-order chi connectivity index (χ1) is 18.7. The SMILES string of the molecule is CCCCN(CC(=O)Nc1cc(-c2ccccc2)nn1-c1ccc(Cl)c(Cl)c1)C(=O)Nc1ccc(F)cc1F.